The topological polar surface area (TPSA) is 40.9 Å². The largest absolute Gasteiger partial charge is 0.292 e. The van der Waals surface area contributed by atoms with Crippen LogP contribution in [0, 0.1) is 11.3 Å². The molecule has 2 aromatic rings. The maximum absolute atomic E-state index is 12.1. The molecule has 2 nitrogen and oxygen atoms in total. The molecule has 0 bridgehead atoms. The Kier molecular flexibility index (Phi) is 2.54. The lowest BCUT2D eigenvalue weighted by Crippen LogP contribution is -2.42. The number of nitriles is 1. The van der Waals surface area contributed by atoms with Crippen LogP contribution in [-0.2, 0) is 10.2 Å². The summed E-state index contributed by atoms with van der Waals surface area (Å²) in [4.78, 5) is 12.1. The molecule has 2 heteroatoms. The molecule has 0 radical (unpaired) electrons. The van der Waals surface area contributed by atoms with Crippen LogP contribution in [0.25, 0.3) is 5.57 Å². The van der Waals surface area contributed by atoms with Crippen LogP contribution in [0.1, 0.15) is 11.1 Å². The number of nitrogens with zero attached hydrogens (tertiary/aromatic N) is 1. The minimum absolute atomic E-state index is 0.139. The number of ketones is 1. The van der Waals surface area contributed by atoms with Crippen molar-refractivity contribution in [3.05, 3.63) is 77.9 Å². The molecule has 0 amide bonds. The van der Waals surface area contributed by atoms with Gasteiger partial charge in [-0.25, -0.2) is 0 Å². The highest BCUT2D eigenvalue weighted by Gasteiger charge is 2.50. The molecule has 0 saturated heterocycles. The van der Waals surface area contributed by atoms with E-state index in [9.17, 15) is 10.1 Å². The summed E-state index contributed by atoms with van der Waals surface area (Å²) in [6.45, 7) is 0. The molecule has 0 fully saturated rings. The number of hydrogen-bond acceptors (Lipinski definition) is 2. The molecule has 0 saturated carbocycles. The van der Waals surface area contributed by atoms with Crippen LogP contribution in [-0.4, -0.2) is 5.78 Å². The van der Waals surface area contributed by atoms with Crippen LogP contribution in [0.15, 0.2) is 66.7 Å². The maximum Gasteiger partial charge on any atom is 0.185 e. The van der Waals surface area contributed by atoms with Gasteiger partial charge in [0.25, 0.3) is 0 Å². The van der Waals surface area contributed by atoms with E-state index in [-0.39, 0.29) is 5.78 Å². The van der Waals surface area contributed by atoms with Crippen molar-refractivity contribution in [3.8, 4) is 6.07 Å². The van der Waals surface area contributed by atoms with Crippen LogP contribution in [0.2, 0.25) is 0 Å². The number of hydrogen-bond donors (Lipinski definition) is 0. The Bertz CT molecular complexity index is 695. The summed E-state index contributed by atoms with van der Waals surface area (Å²) in [5, 5.41) is 9.58. The zero-order valence-corrected chi connectivity index (χ0v) is 10.2. The van der Waals surface area contributed by atoms with Gasteiger partial charge in [-0.05, 0) is 22.8 Å². The summed E-state index contributed by atoms with van der Waals surface area (Å²) in [5.41, 5.74) is 1.31. The van der Waals surface area contributed by atoms with Crippen molar-refractivity contribution in [1.82, 2.24) is 0 Å². The van der Waals surface area contributed by atoms with E-state index < -0.39 is 5.41 Å². The Balaban J connectivity index is 2.17. The summed E-state index contributed by atoms with van der Waals surface area (Å²) >= 11 is 0. The van der Waals surface area contributed by atoms with Gasteiger partial charge < -0.3 is 0 Å². The first-order valence-electron chi connectivity index (χ1n) is 6.08. The molecular formula is C17H11NO. The molecular weight excluding hydrogens is 234 g/mol. The van der Waals surface area contributed by atoms with E-state index >= 15 is 0 Å². The molecule has 0 N–H and O–H groups in total. The molecule has 1 aliphatic carbocycles. The SMILES string of the molecule is N#CC1(c2ccccc2)C(=O)C=C1c1ccccc1. The fourth-order valence-corrected chi connectivity index (χ4v) is 2.49. The molecule has 0 spiro atoms. The predicted molar refractivity (Wildman–Crippen MR) is 73.2 cm³/mol. The maximum atomic E-state index is 12.1. The second-order valence-corrected chi connectivity index (χ2v) is 4.52. The third kappa shape index (κ3) is 1.52. The van der Waals surface area contributed by atoms with Crippen molar-refractivity contribution in [2.45, 2.75) is 5.41 Å². The highest BCUT2D eigenvalue weighted by molar-refractivity contribution is 6.24. The van der Waals surface area contributed by atoms with Gasteiger partial charge in [-0.1, -0.05) is 60.7 Å². The van der Waals surface area contributed by atoms with E-state index in [4.69, 9.17) is 0 Å². The van der Waals surface area contributed by atoms with E-state index in [1.165, 1.54) is 0 Å². The fourth-order valence-electron chi connectivity index (χ4n) is 2.49. The average Bonchev–Trinajstić information content (AvgIpc) is 2.48. The van der Waals surface area contributed by atoms with Crippen molar-refractivity contribution in [3.63, 3.8) is 0 Å². The number of rotatable bonds is 2. The number of carbonyl (C=O) groups excluding carboxylic acids is 1. The molecule has 1 aliphatic rings. The van der Waals surface area contributed by atoms with Crippen LogP contribution in [0.5, 0.6) is 0 Å². The third-order valence-corrected chi connectivity index (χ3v) is 3.51. The van der Waals surface area contributed by atoms with Crippen molar-refractivity contribution in [1.29, 1.82) is 5.26 Å². The zero-order valence-electron chi connectivity index (χ0n) is 10.2. The molecule has 1 unspecified atom stereocenters. The molecule has 3 rings (SSSR count). The van der Waals surface area contributed by atoms with Gasteiger partial charge in [0.15, 0.2) is 11.2 Å². The molecule has 90 valence electrons. The summed E-state index contributed by atoms with van der Waals surface area (Å²) in [5.74, 6) is -0.139. The van der Waals surface area contributed by atoms with Gasteiger partial charge in [-0.3, -0.25) is 4.79 Å². The van der Waals surface area contributed by atoms with Gasteiger partial charge in [0.2, 0.25) is 0 Å². The highest BCUT2D eigenvalue weighted by Crippen LogP contribution is 2.46. The van der Waals surface area contributed by atoms with E-state index in [0.717, 1.165) is 16.7 Å². The highest BCUT2D eigenvalue weighted by atomic mass is 16.1. The first-order chi connectivity index (χ1) is 9.29. The van der Waals surface area contributed by atoms with Gasteiger partial charge in [0.1, 0.15) is 0 Å². The average molecular weight is 245 g/mol. The van der Waals surface area contributed by atoms with Gasteiger partial charge in [0, 0.05) is 0 Å². The van der Waals surface area contributed by atoms with Crippen molar-refractivity contribution in [2.75, 3.05) is 0 Å². The summed E-state index contributed by atoms with van der Waals surface area (Å²) < 4.78 is 0. The Morgan fingerprint density at radius 3 is 2.00 bits per heavy atom. The van der Waals surface area contributed by atoms with Crippen LogP contribution < -0.4 is 0 Å². The minimum Gasteiger partial charge on any atom is -0.292 e. The van der Waals surface area contributed by atoms with Gasteiger partial charge in [0.05, 0.1) is 6.07 Å². The molecule has 0 aromatic heterocycles. The standard InChI is InChI=1S/C17H11NO/c18-12-17(14-9-5-2-6-10-14)15(11-16(17)19)13-7-3-1-4-8-13/h1-11H. The van der Waals surface area contributed by atoms with Gasteiger partial charge in [-0.15, -0.1) is 0 Å². The van der Waals surface area contributed by atoms with Crippen molar-refractivity contribution in [2.24, 2.45) is 0 Å². The number of carbonyl (C=O) groups is 1. The normalized spacial score (nSPS) is 21.2. The minimum atomic E-state index is -1.14. The van der Waals surface area contributed by atoms with E-state index in [2.05, 4.69) is 6.07 Å². The quantitative estimate of drug-likeness (QED) is 0.815. The van der Waals surface area contributed by atoms with Gasteiger partial charge >= 0.3 is 0 Å². The van der Waals surface area contributed by atoms with Crippen LogP contribution in [0.3, 0.4) is 0 Å². The molecule has 0 heterocycles. The Hall–Kier alpha value is -2.66. The monoisotopic (exact) mass is 245 g/mol. The molecule has 19 heavy (non-hydrogen) atoms. The molecule has 0 aliphatic heterocycles. The Morgan fingerprint density at radius 1 is 0.895 bits per heavy atom. The van der Waals surface area contributed by atoms with Crippen LogP contribution in [0.4, 0.5) is 0 Å². The second kappa shape index (κ2) is 4.22. The lowest BCUT2D eigenvalue weighted by Gasteiger charge is -2.34. The van der Waals surface area contributed by atoms with Gasteiger partial charge in [-0.2, -0.15) is 5.26 Å². The smallest absolute Gasteiger partial charge is 0.185 e. The third-order valence-electron chi connectivity index (χ3n) is 3.51. The summed E-state index contributed by atoms with van der Waals surface area (Å²) in [6.07, 6.45) is 1.56. The summed E-state index contributed by atoms with van der Waals surface area (Å²) in [7, 11) is 0. The number of allylic oxidation sites excluding steroid dienone is 2. The Labute approximate surface area is 111 Å². The fraction of sp³-hybridized carbons (Fsp3) is 0.0588. The first-order valence-corrected chi connectivity index (χ1v) is 6.08. The van der Waals surface area contributed by atoms with Crippen molar-refractivity contribution < 1.29 is 4.79 Å². The molecule has 1 atom stereocenters. The lowest BCUT2D eigenvalue weighted by atomic mass is 9.62. The van der Waals surface area contributed by atoms with E-state index in [1.807, 2.05) is 60.7 Å². The van der Waals surface area contributed by atoms with Crippen LogP contribution >= 0.6 is 0 Å². The Morgan fingerprint density at radius 2 is 1.47 bits per heavy atom. The van der Waals surface area contributed by atoms with Crippen molar-refractivity contribution >= 4 is 11.4 Å². The second-order valence-electron chi connectivity index (χ2n) is 4.52. The first kappa shape index (κ1) is 11.4. The van der Waals surface area contributed by atoms with E-state index in [0.29, 0.717) is 0 Å². The lowest BCUT2D eigenvalue weighted by molar-refractivity contribution is -0.117. The predicted octanol–water partition coefficient (Wildman–Crippen LogP) is 3.11. The zero-order chi connectivity index (χ0) is 13.3. The molecule has 2 aromatic carbocycles. The van der Waals surface area contributed by atoms with E-state index in [1.54, 1.807) is 6.08 Å². The summed E-state index contributed by atoms with van der Waals surface area (Å²) in [6, 6.07) is 21.0. The number of benzene rings is 2.